The Bertz CT molecular complexity index is 1020. The zero-order valence-electron chi connectivity index (χ0n) is 13.9. The molecule has 1 heterocycles. The number of fused-ring (bicyclic) bond motifs is 3. The topological polar surface area (TPSA) is 59.1 Å². The minimum atomic E-state index is -0.149. The molecule has 5 heteroatoms. The Kier molecular flexibility index (Phi) is 3.50. The van der Waals surface area contributed by atoms with Crippen LogP contribution in [-0.4, -0.2) is 16.7 Å². The third-order valence-corrected chi connectivity index (χ3v) is 5.94. The van der Waals surface area contributed by atoms with Crippen molar-refractivity contribution < 1.29 is 9.59 Å². The normalized spacial score (nSPS) is 16.1. The van der Waals surface area contributed by atoms with Gasteiger partial charge in [0.15, 0.2) is 5.78 Å². The molecular formula is C21H16N2O2S. The lowest BCUT2D eigenvalue weighted by Gasteiger charge is -2.16. The smallest absolute Gasteiger partial charge is 0.251 e. The molecule has 2 aliphatic carbocycles. The first-order chi connectivity index (χ1) is 12.7. The number of hydrogen-bond donors (Lipinski definition) is 1. The van der Waals surface area contributed by atoms with E-state index in [4.69, 9.17) is 0 Å². The van der Waals surface area contributed by atoms with E-state index in [-0.39, 0.29) is 17.7 Å². The van der Waals surface area contributed by atoms with Gasteiger partial charge >= 0.3 is 0 Å². The molecule has 26 heavy (non-hydrogen) atoms. The maximum atomic E-state index is 12.8. The summed E-state index contributed by atoms with van der Waals surface area (Å²) in [5.74, 6) is 0.304. The Morgan fingerprint density at radius 3 is 2.58 bits per heavy atom. The second kappa shape index (κ2) is 5.88. The summed E-state index contributed by atoms with van der Waals surface area (Å²) in [6.07, 6.45) is 4.00. The van der Waals surface area contributed by atoms with E-state index < -0.39 is 0 Å². The second-order valence-electron chi connectivity index (χ2n) is 6.79. The maximum absolute atomic E-state index is 12.8. The highest BCUT2D eigenvalue weighted by Gasteiger charge is 2.35. The van der Waals surface area contributed by atoms with Crippen LogP contribution in [0.4, 0.5) is 0 Å². The number of rotatable bonds is 4. The molecule has 3 aromatic rings. The van der Waals surface area contributed by atoms with Crippen molar-refractivity contribution >= 4 is 23.0 Å². The van der Waals surface area contributed by atoms with Gasteiger partial charge in [0.25, 0.3) is 5.91 Å². The van der Waals surface area contributed by atoms with E-state index in [0.29, 0.717) is 22.6 Å². The molecule has 1 atom stereocenters. The zero-order chi connectivity index (χ0) is 17.7. The van der Waals surface area contributed by atoms with Crippen LogP contribution >= 0.6 is 11.3 Å². The molecule has 2 aliphatic rings. The molecule has 128 valence electrons. The van der Waals surface area contributed by atoms with Gasteiger partial charge in [-0.15, -0.1) is 11.3 Å². The highest BCUT2D eigenvalue weighted by atomic mass is 32.1. The van der Waals surface area contributed by atoms with Crippen molar-refractivity contribution in [3.63, 3.8) is 0 Å². The maximum Gasteiger partial charge on any atom is 0.251 e. The molecule has 4 nitrogen and oxygen atoms in total. The van der Waals surface area contributed by atoms with Gasteiger partial charge in [-0.1, -0.05) is 30.3 Å². The molecule has 1 saturated carbocycles. The van der Waals surface area contributed by atoms with Gasteiger partial charge in [-0.3, -0.25) is 9.59 Å². The third kappa shape index (κ3) is 2.47. The fourth-order valence-corrected chi connectivity index (χ4v) is 4.37. The molecule has 1 fully saturated rings. The van der Waals surface area contributed by atoms with E-state index in [1.807, 2.05) is 35.7 Å². The Balaban J connectivity index is 1.45. The first-order valence-corrected chi connectivity index (χ1v) is 9.59. The van der Waals surface area contributed by atoms with Crippen molar-refractivity contribution in [2.45, 2.75) is 18.9 Å². The van der Waals surface area contributed by atoms with Crippen LogP contribution in [0.15, 0.2) is 54.0 Å². The molecule has 1 amide bonds. The number of aromatic nitrogens is 1. The predicted octanol–water partition coefficient (Wildman–Crippen LogP) is 4.24. The lowest BCUT2D eigenvalue weighted by Crippen LogP contribution is -2.29. The Hall–Kier alpha value is -2.79. The number of carbonyl (C=O) groups excluding carboxylic acids is 2. The van der Waals surface area contributed by atoms with E-state index in [1.54, 1.807) is 29.7 Å². The summed E-state index contributed by atoms with van der Waals surface area (Å²) < 4.78 is 0. The minimum absolute atomic E-state index is 0.0103. The average Bonchev–Trinajstić information content (AvgIpc) is 3.29. The fraction of sp³-hybridized carbons (Fsp3) is 0.190. The molecule has 0 radical (unpaired) electrons. The summed E-state index contributed by atoms with van der Waals surface area (Å²) in [4.78, 5) is 29.8. The van der Waals surface area contributed by atoms with Crippen LogP contribution in [-0.2, 0) is 0 Å². The first kappa shape index (κ1) is 15.5. The Labute approximate surface area is 154 Å². The number of hydrogen-bond acceptors (Lipinski definition) is 4. The van der Waals surface area contributed by atoms with E-state index in [2.05, 4.69) is 10.3 Å². The van der Waals surface area contributed by atoms with E-state index in [9.17, 15) is 9.59 Å². The number of carbonyl (C=O) groups is 2. The van der Waals surface area contributed by atoms with Crippen LogP contribution < -0.4 is 5.32 Å². The summed E-state index contributed by atoms with van der Waals surface area (Å²) in [5, 5.41) is 6.00. The molecule has 1 unspecified atom stereocenters. The Morgan fingerprint density at radius 2 is 1.85 bits per heavy atom. The van der Waals surface area contributed by atoms with Crippen molar-refractivity contribution in [3.05, 3.63) is 75.7 Å². The second-order valence-corrected chi connectivity index (χ2v) is 7.72. The van der Waals surface area contributed by atoms with Gasteiger partial charge in [0.2, 0.25) is 0 Å². The predicted molar refractivity (Wildman–Crippen MR) is 100 cm³/mol. The number of nitrogens with zero attached hydrogens (tertiary/aromatic N) is 1. The molecule has 1 N–H and O–H groups in total. The average molecular weight is 360 g/mol. The SMILES string of the molecule is O=C(NC(c1nccs1)C1CC1)c1ccc2c(c1)C(=O)c1ccccc1-2. The summed E-state index contributed by atoms with van der Waals surface area (Å²) in [6, 6.07) is 12.9. The monoisotopic (exact) mass is 360 g/mol. The highest BCUT2D eigenvalue weighted by Crippen LogP contribution is 2.42. The third-order valence-electron chi connectivity index (χ3n) is 5.09. The van der Waals surface area contributed by atoms with Gasteiger partial charge in [0.1, 0.15) is 5.01 Å². The molecule has 2 aromatic carbocycles. The number of benzene rings is 2. The van der Waals surface area contributed by atoms with Crippen molar-refractivity contribution in [3.8, 4) is 11.1 Å². The van der Waals surface area contributed by atoms with Crippen LogP contribution in [0.5, 0.6) is 0 Å². The number of amides is 1. The van der Waals surface area contributed by atoms with Gasteiger partial charge in [-0.25, -0.2) is 4.98 Å². The lowest BCUT2D eigenvalue weighted by atomic mass is 10.0. The fourth-order valence-electron chi connectivity index (χ4n) is 3.59. The quantitative estimate of drug-likeness (QED) is 0.592. The summed E-state index contributed by atoms with van der Waals surface area (Å²) >= 11 is 1.57. The van der Waals surface area contributed by atoms with Crippen LogP contribution in [0.1, 0.15) is 50.2 Å². The molecule has 5 rings (SSSR count). The van der Waals surface area contributed by atoms with Gasteiger partial charge < -0.3 is 5.32 Å². The minimum Gasteiger partial charge on any atom is -0.343 e. The number of thiazole rings is 1. The van der Waals surface area contributed by atoms with Gasteiger partial charge in [-0.2, -0.15) is 0 Å². The lowest BCUT2D eigenvalue weighted by molar-refractivity contribution is 0.0931. The van der Waals surface area contributed by atoms with E-state index >= 15 is 0 Å². The summed E-state index contributed by atoms with van der Waals surface area (Å²) in [6.45, 7) is 0. The molecule has 0 bridgehead atoms. The van der Waals surface area contributed by atoms with Crippen molar-refractivity contribution in [1.29, 1.82) is 0 Å². The van der Waals surface area contributed by atoms with Crippen LogP contribution in [0.25, 0.3) is 11.1 Å². The first-order valence-electron chi connectivity index (χ1n) is 8.71. The van der Waals surface area contributed by atoms with Gasteiger partial charge in [0.05, 0.1) is 6.04 Å². The summed E-state index contributed by atoms with van der Waals surface area (Å²) in [5.41, 5.74) is 3.68. The highest BCUT2D eigenvalue weighted by molar-refractivity contribution is 7.09. The number of nitrogens with one attached hydrogen (secondary N) is 1. The Morgan fingerprint density at radius 1 is 1.08 bits per heavy atom. The van der Waals surface area contributed by atoms with Crippen molar-refractivity contribution in [2.24, 2.45) is 5.92 Å². The van der Waals surface area contributed by atoms with Crippen LogP contribution in [0.3, 0.4) is 0 Å². The van der Waals surface area contributed by atoms with Crippen LogP contribution in [0, 0.1) is 5.92 Å². The molecule has 0 spiro atoms. The van der Waals surface area contributed by atoms with Gasteiger partial charge in [-0.05, 0) is 42.0 Å². The molecular weight excluding hydrogens is 344 g/mol. The molecule has 0 saturated heterocycles. The standard InChI is InChI=1S/C21H16N2O2S/c24-19-16-4-2-1-3-14(16)15-8-7-13(11-17(15)19)20(25)23-18(12-5-6-12)21-22-9-10-26-21/h1-4,7-12,18H,5-6H2,(H,23,25). The number of ketones is 1. The summed E-state index contributed by atoms with van der Waals surface area (Å²) in [7, 11) is 0. The van der Waals surface area contributed by atoms with E-state index in [1.165, 1.54) is 0 Å². The van der Waals surface area contributed by atoms with Crippen molar-refractivity contribution in [1.82, 2.24) is 10.3 Å². The van der Waals surface area contributed by atoms with Crippen molar-refractivity contribution in [2.75, 3.05) is 0 Å². The van der Waals surface area contributed by atoms with Gasteiger partial charge in [0, 0.05) is 28.3 Å². The van der Waals surface area contributed by atoms with Crippen LogP contribution in [0.2, 0.25) is 0 Å². The molecule has 0 aliphatic heterocycles. The van der Waals surface area contributed by atoms with E-state index in [0.717, 1.165) is 29.0 Å². The zero-order valence-corrected chi connectivity index (χ0v) is 14.8. The largest absolute Gasteiger partial charge is 0.343 e. The molecule has 1 aromatic heterocycles.